The summed E-state index contributed by atoms with van der Waals surface area (Å²) in [5, 5.41) is 13.8. The van der Waals surface area contributed by atoms with Crippen LogP contribution in [0.3, 0.4) is 0 Å². The Morgan fingerprint density at radius 2 is 2.00 bits per heavy atom. The van der Waals surface area contributed by atoms with E-state index in [1.54, 1.807) is 49.6 Å². The van der Waals surface area contributed by atoms with Crippen molar-refractivity contribution in [3.8, 4) is 11.5 Å². The number of methoxy groups -OCH3 is 1. The summed E-state index contributed by atoms with van der Waals surface area (Å²) in [6.07, 6.45) is 0.201. The summed E-state index contributed by atoms with van der Waals surface area (Å²) in [5.41, 5.74) is 3.55. The number of aliphatic hydroxyl groups is 1. The van der Waals surface area contributed by atoms with Crippen molar-refractivity contribution >= 4 is 12.1 Å². The van der Waals surface area contributed by atoms with Crippen LogP contribution in [0, 0.1) is 0 Å². The molecule has 2 aromatic carbocycles. The van der Waals surface area contributed by atoms with Gasteiger partial charge < -0.3 is 14.6 Å². The molecule has 2 aromatic rings. The number of amides is 1. The van der Waals surface area contributed by atoms with E-state index >= 15 is 0 Å². The molecule has 0 unspecified atom stereocenters. The zero-order chi connectivity index (χ0) is 17.4. The van der Waals surface area contributed by atoms with E-state index in [4.69, 9.17) is 9.47 Å². The first kappa shape index (κ1) is 17.5. The molecule has 126 valence electrons. The Labute approximate surface area is 140 Å². The van der Waals surface area contributed by atoms with Crippen LogP contribution in [0.1, 0.15) is 24.2 Å². The third kappa shape index (κ3) is 4.57. The van der Waals surface area contributed by atoms with E-state index < -0.39 is 12.0 Å². The molecule has 0 saturated heterocycles. The first-order valence-electron chi connectivity index (χ1n) is 7.52. The minimum absolute atomic E-state index is 0.507. The Morgan fingerprint density at radius 1 is 1.25 bits per heavy atom. The number of nitrogens with zero attached hydrogens (tertiary/aromatic N) is 1. The number of hydrogen-bond donors (Lipinski definition) is 2. The van der Waals surface area contributed by atoms with Crippen LogP contribution < -0.4 is 14.9 Å². The zero-order valence-electron chi connectivity index (χ0n) is 13.6. The first-order valence-corrected chi connectivity index (χ1v) is 7.52. The van der Waals surface area contributed by atoms with Gasteiger partial charge in [0, 0.05) is 0 Å². The van der Waals surface area contributed by atoms with E-state index in [-0.39, 0.29) is 0 Å². The minimum atomic E-state index is -1.27. The van der Waals surface area contributed by atoms with Crippen LogP contribution in [-0.2, 0) is 4.79 Å². The molecule has 6 nitrogen and oxygen atoms in total. The molecule has 1 amide bonds. The summed E-state index contributed by atoms with van der Waals surface area (Å²) in [6.45, 7) is 2.43. The van der Waals surface area contributed by atoms with Gasteiger partial charge in [0.05, 0.1) is 19.9 Å². The van der Waals surface area contributed by atoms with E-state index in [2.05, 4.69) is 10.5 Å². The number of rotatable bonds is 7. The smallest absolute Gasteiger partial charge is 0.273 e. The highest BCUT2D eigenvalue weighted by Crippen LogP contribution is 2.27. The lowest BCUT2D eigenvalue weighted by Gasteiger charge is -2.10. The van der Waals surface area contributed by atoms with E-state index in [1.807, 2.05) is 13.0 Å². The van der Waals surface area contributed by atoms with Crippen LogP contribution in [-0.4, -0.2) is 30.9 Å². The van der Waals surface area contributed by atoms with E-state index in [0.717, 1.165) is 5.56 Å². The summed E-state index contributed by atoms with van der Waals surface area (Å²) < 4.78 is 10.7. The molecule has 0 heterocycles. The van der Waals surface area contributed by atoms with Crippen molar-refractivity contribution in [3.63, 3.8) is 0 Å². The van der Waals surface area contributed by atoms with Crippen molar-refractivity contribution in [2.24, 2.45) is 5.10 Å². The molecule has 0 aromatic heterocycles. The maximum absolute atomic E-state index is 11.9. The molecule has 1 atom stereocenters. The van der Waals surface area contributed by atoms with Gasteiger partial charge in [-0.05, 0) is 36.2 Å². The fourth-order valence-electron chi connectivity index (χ4n) is 2.06. The molecule has 0 radical (unpaired) electrons. The normalized spacial score (nSPS) is 12.0. The molecular weight excluding hydrogens is 308 g/mol. The Morgan fingerprint density at radius 3 is 2.67 bits per heavy atom. The van der Waals surface area contributed by atoms with Crippen molar-refractivity contribution in [2.45, 2.75) is 13.0 Å². The largest absolute Gasteiger partial charge is 0.493 e. The lowest BCUT2D eigenvalue weighted by atomic mass is 10.1. The minimum Gasteiger partial charge on any atom is -0.493 e. The van der Waals surface area contributed by atoms with Gasteiger partial charge in [-0.1, -0.05) is 30.3 Å². The van der Waals surface area contributed by atoms with Gasteiger partial charge in [0.2, 0.25) is 0 Å². The van der Waals surface area contributed by atoms with Crippen LogP contribution in [0.15, 0.2) is 53.6 Å². The van der Waals surface area contributed by atoms with Gasteiger partial charge in [-0.3, -0.25) is 4.79 Å². The number of hydrogen-bond acceptors (Lipinski definition) is 5. The maximum Gasteiger partial charge on any atom is 0.273 e. The molecule has 0 spiro atoms. The fourth-order valence-corrected chi connectivity index (χ4v) is 2.06. The highest BCUT2D eigenvalue weighted by atomic mass is 16.5. The average molecular weight is 328 g/mol. The van der Waals surface area contributed by atoms with Gasteiger partial charge in [-0.2, -0.15) is 5.10 Å². The summed E-state index contributed by atoms with van der Waals surface area (Å²) in [7, 11) is 1.55. The van der Waals surface area contributed by atoms with Gasteiger partial charge in [0.25, 0.3) is 5.91 Å². The number of benzene rings is 2. The number of hydrazone groups is 1. The lowest BCUT2D eigenvalue weighted by molar-refractivity contribution is -0.129. The Kier molecular flexibility index (Phi) is 6.33. The molecule has 0 aliphatic heterocycles. The van der Waals surface area contributed by atoms with Crippen molar-refractivity contribution in [3.05, 3.63) is 59.7 Å². The number of ether oxygens (including phenoxy) is 2. The monoisotopic (exact) mass is 328 g/mol. The van der Waals surface area contributed by atoms with Crippen LogP contribution >= 0.6 is 0 Å². The highest BCUT2D eigenvalue weighted by molar-refractivity contribution is 5.85. The fraction of sp³-hybridized carbons (Fsp3) is 0.222. The molecule has 2 rings (SSSR count). The predicted octanol–water partition coefficient (Wildman–Crippen LogP) is 2.28. The first-order chi connectivity index (χ1) is 11.7. The second kappa shape index (κ2) is 8.69. The third-order valence-corrected chi connectivity index (χ3v) is 3.24. The highest BCUT2D eigenvalue weighted by Gasteiger charge is 2.15. The van der Waals surface area contributed by atoms with Gasteiger partial charge in [-0.15, -0.1) is 0 Å². The number of nitrogens with one attached hydrogen (secondary N) is 1. The standard InChI is InChI=1S/C18H20N2O4/c1-3-24-15-10-9-13(11-16(15)23-2)12-19-20-18(22)17(21)14-7-5-4-6-8-14/h4-12,17,21H,3H2,1-2H3,(H,20,22)/b19-12+/t17-/m1/s1. The topological polar surface area (TPSA) is 80.2 Å². The summed E-state index contributed by atoms with van der Waals surface area (Å²) in [4.78, 5) is 11.9. The van der Waals surface area contributed by atoms with Gasteiger partial charge in [0.1, 0.15) is 0 Å². The van der Waals surface area contributed by atoms with Gasteiger partial charge >= 0.3 is 0 Å². The third-order valence-electron chi connectivity index (χ3n) is 3.24. The Balaban J connectivity index is 1.99. The maximum atomic E-state index is 11.9. The molecule has 0 fully saturated rings. The second-order valence-corrected chi connectivity index (χ2v) is 4.89. The molecule has 0 saturated carbocycles. The van der Waals surface area contributed by atoms with Gasteiger partial charge in [-0.25, -0.2) is 5.43 Å². The lowest BCUT2D eigenvalue weighted by Crippen LogP contribution is -2.25. The van der Waals surface area contributed by atoms with Crippen molar-refractivity contribution < 1.29 is 19.4 Å². The SMILES string of the molecule is CCOc1ccc(/C=N/NC(=O)[C@H](O)c2ccccc2)cc1OC. The van der Waals surface area contributed by atoms with Crippen molar-refractivity contribution in [2.75, 3.05) is 13.7 Å². The molecule has 0 aliphatic rings. The summed E-state index contributed by atoms with van der Waals surface area (Å²) in [6, 6.07) is 14.0. The Hall–Kier alpha value is -2.86. The Bertz CT molecular complexity index is 701. The average Bonchev–Trinajstić information content (AvgIpc) is 2.63. The quantitative estimate of drug-likeness (QED) is 0.603. The second-order valence-electron chi connectivity index (χ2n) is 4.89. The van der Waals surface area contributed by atoms with Gasteiger partial charge in [0.15, 0.2) is 17.6 Å². The number of aliphatic hydroxyl groups excluding tert-OH is 1. The van der Waals surface area contributed by atoms with E-state index in [9.17, 15) is 9.90 Å². The zero-order valence-corrected chi connectivity index (χ0v) is 13.6. The van der Waals surface area contributed by atoms with E-state index in [0.29, 0.717) is 23.7 Å². The van der Waals surface area contributed by atoms with E-state index in [1.165, 1.54) is 6.21 Å². The van der Waals surface area contributed by atoms with Crippen LogP contribution in [0.5, 0.6) is 11.5 Å². The predicted molar refractivity (Wildman–Crippen MR) is 91.3 cm³/mol. The van der Waals surface area contributed by atoms with Crippen LogP contribution in [0.2, 0.25) is 0 Å². The van der Waals surface area contributed by atoms with Crippen molar-refractivity contribution in [1.29, 1.82) is 0 Å². The number of carbonyl (C=O) groups is 1. The molecular formula is C18H20N2O4. The van der Waals surface area contributed by atoms with Crippen LogP contribution in [0.4, 0.5) is 0 Å². The molecule has 0 aliphatic carbocycles. The number of carbonyl (C=O) groups excluding carboxylic acids is 1. The van der Waals surface area contributed by atoms with Crippen LogP contribution in [0.25, 0.3) is 0 Å². The molecule has 6 heteroatoms. The molecule has 24 heavy (non-hydrogen) atoms. The summed E-state index contributed by atoms with van der Waals surface area (Å²) in [5.74, 6) is 0.618. The van der Waals surface area contributed by atoms with Crippen molar-refractivity contribution in [1.82, 2.24) is 5.43 Å². The molecule has 0 bridgehead atoms. The molecule has 2 N–H and O–H groups in total. The summed E-state index contributed by atoms with van der Waals surface area (Å²) >= 11 is 0.